The van der Waals surface area contributed by atoms with Gasteiger partial charge in [0.05, 0.1) is 12.2 Å². The summed E-state index contributed by atoms with van der Waals surface area (Å²) < 4.78 is 0. The van der Waals surface area contributed by atoms with E-state index in [4.69, 9.17) is 14.9 Å². The van der Waals surface area contributed by atoms with Crippen molar-refractivity contribution in [2.45, 2.75) is 45.8 Å². The van der Waals surface area contributed by atoms with Crippen molar-refractivity contribution in [3.05, 3.63) is 0 Å². The van der Waals surface area contributed by atoms with Gasteiger partial charge in [0.25, 0.3) is 0 Å². The van der Waals surface area contributed by atoms with Gasteiger partial charge in [-0.3, -0.25) is 0 Å². The third kappa shape index (κ3) is 6.28. The van der Waals surface area contributed by atoms with E-state index < -0.39 is 5.60 Å². The highest BCUT2D eigenvalue weighted by Crippen LogP contribution is 2.14. The summed E-state index contributed by atoms with van der Waals surface area (Å²) in [7, 11) is 0. The third-order valence-corrected chi connectivity index (χ3v) is 0.898. The van der Waals surface area contributed by atoms with E-state index in [1.807, 2.05) is 20.8 Å². The molecule has 0 aromatic heterocycles. The first-order valence-electron chi connectivity index (χ1n) is 3.74. The molecule has 0 radical (unpaired) electrons. The van der Waals surface area contributed by atoms with E-state index >= 15 is 0 Å². The smallest absolute Gasteiger partial charge is 0.121 e. The van der Waals surface area contributed by atoms with Gasteiger partial charge in [-0.05, 0) is 34.6 Å². The first-order valence-corrected chi connectivity index (χ1v) is 3.74. The minimum absolute atomic E-state index is 0.0525. The molecule has 0 aromatic rings. The van der Waals surface area contributed by atoms with Gasteiger partial charge in [-0.15, -0.1) is 0 Å². The van der Waals surface area contributed by atoms with Crippen molar-refractivity contribution in [1.29, 1.82) is 0 Å². The molecule has 0 saturated carbocycles. The molecule has 0 heterocycles. The lowest BCUT2D eigenvalue weighted by Gasteiger charge is -2.26. The Hall–Kier alpha value is -0.120. The minimum Gasteiger partial charge on any atom is -0.393 e. The van der Waals surface area contributed by atoms with Crippen molar-refractivity contribution in [2.24, 2.45) is 0 Å². The van der Waals surface area contributed by atoms with Crippen LogP contribution in [0.2, 0.25) is 0 Å². The Morgan fingerprint density at radius 3 is 1.73 bits per heavy atom. The van der Waals surface area contributed by atoms with Crippen molar-refractivity contribution in [2.75, 3.05) is 6.61 Å². The number of rotatable bonds is 3. The van der Waals surface area contributed by atoms with Crippen LogP contribution in [0.5, 0.6) is 0 Å². The minimum atomic E-state index is -0.618. The van der Waals surface area contributed by atoms with Gasteiger partial charge in [-0.1, -0.05) is 0 Å². The van der Waals surface area contributed by atoms with Gasteiger partial charge in [0.1, 0.15) is 5.60 Å². The van der Waals surface area contributed by atoms with Crippen LogP contribution < -0.4 is 0 Å². The molecular weight excluding hydrogens is 144 g/mol. The lowest BCUT2D eigenvalue weighted by molar-refractivity contribution is -0.400. The summed E-state index contributed by atoms with van der Waals surface area (Å²) in [6.07, 6.45) is 0. The average Bonchev–Trinajstić information content (AvgIpc) is 1.83. The van der Waals surface area contributed by atoms with E-state index in [0.29, 0.717) is 0 Å². The molecular formula is C8H18O3. The molecule has 0 aromatic carbocycles. The molecule has 0 aliphatic rings. The topological polar surface area (TPSA) is 38.7 Å². The SMILES string of the molecule is CC(C)(C)OOC(C)(C)CO. The first kappa shape index (κ1) is 10.9. The van der Waals surface area contributed by atoms with Gasteiger partial charge in [-0.2, -0.15) is 0 Å². The second-order valence-electron chi connectivity index (χ2n) is 4.20. The van der Waals surface area contributed by atoms with Gasteiger partial charge in [0.2, 0.25) is 0 Å². The van der Waals surface area contributed by atoms with Crippen molar-refractivity contribution >= 4 is 0 Å². The number of aliphatic hydroxyl groups is 1. The molecule has 0 atom stereocenters. The first-order chi connectivity index (χ1) is 4.77. The van der Waals surface area contributed by atoms with Gasteiger partial charge < -0.3 is 5.11 Å². The zero-order valence-corrected chi connectivity index (χ0v) is 7.97. The molecule has 0 unspecified atom stereocenters. The van der Waals surface area contributed by atoms with Crippen molar-refractivity contribution in [1.82, 2.24) is 0 Å². The molecule has 68 valence electrons. The van der Waals surface area contributed by atoms with Crippen LogP contribution in [0.25, 0.3) is 0 Å². The summed E-state index contributed by atoms with van der Waals surface area (Å²) >= 11 is 0. The quantitative estimate of drug-likeness (QED) is 0.505. The van der Waals surface area contributed by atoms with Crippen molar-refractivity contribution in [3.63, 3.8) is 0 Å². The fourth-order valence-corrected chi connectivity index (χ4v) is 0.264. The molecule has 3 nitrogen and oxygen atoms in total. The second-order valence-corrected chi connectivity index (χ2v) is 4.20. The van der Waals surface area contributed by atoms with E-state index in [9.17, 15) is 0 Å². The van der Waals surface area contributed by atoms with Crippen LogP contribution in [-0.2, 0) is 9.78 Å². The molecule has 0 amide bonds. The molecule has 3 heteroatoms. The van der Waals surface area contributed by atoms with E-state index in [1.165, 1.54) is 0 Å². The summed E-state index contributed by atoms with van der Waals surface area (Å²) in [5.74, 6) is 0. The van der Waals surface area contributed by atoms with Crippen LogP contribution in [0.4, 0.5) is 0 Å². The van der Waals surface area contributed by atoms with E-state index in [-0.39, 0.29) is 12.2 Å². The Balaban J connectivity index is 3.70. The van der Waals surface area contributed by atoms with Crippen LogP contribution in [0.3, 0.4) is 0 Å². The van der Waals surface area contributed by atoms with Gasteiger partial charge in [0.15, 0.2) is 0 Å². The monoisotopic (exact) mass is 162 g/mol. The predicted molar refractivity (Wildman–Crippen MR) is 43.1 cm³/mol. The average molecular weight is 162 g/mol. The molecule has 0 aliphatic carbocycles. The number of aliphatic hydroxyl groups excluding tert-OH is 1. The summed E-state index contributed by atoms with van der Waals surface area (Å²) in [5, 5.41) is 8.79. The Morgan fingerprint density at radius 1 is 1.00 bits per heavy atom. The zero-order chi connectivity index (χ0) is 9.12. The molecule has 0 saturated heterocycles. The van der Waals surface area contributed by atoms with Crippen molar-refractivity contribution in [3.8, 4) is 0 Å². The largest absolute Gasteiger partial charge is 0.393 e. The van der Waals surface area contributed by atoms with Crippen LogP contribution in [0, 0.1) is 0 Å². The van der Waals surface area contributed by atoms with Crippen molar-refractivity contribution < 1.29 is 14.9 Å². The maximum absolute atomic E-state index is 8.79. The Kier molecular flexibility index (Phi) is 3.48. The molecule has 0 rings (SSSR count). The summed E-state index contributed by atoms with van der Waals surface area (Å²) in [6, 6.07) is 0. The standard InChI is InChI=1S/C8H18O3/c1-7(2,3)10-11-8(4,5)6-9/h9H,6H2,1-5H3. The molecule has 0 bridgehead atoms. The van der Waals surface area contributed by atoms with Crippen LogP contribution >= 0.6 is 0 Å². The predicted octanol–water partition coefficient (Wildman–Crippen LogP) is 1.50. The lowest BCUT2D eigenvalue weighted by Crippen LogP contribution is -2.33. The maximum Gasteiger partial charge on any atom is 0.121 e. The fourth-order valence-electron chi connectivity index (χ4n) is 0.264. The van der Waals surface area contributed by atoms with Crippen LogP contribution in [-0.4, -0.2) is 22.9 Å². The van der Waals surface area contributed by atoms with Gasteiger partial charge in [-0.25, -0.2) is 9.78 Å². The third-order valence-electron chi connectivity index (χ3n) is 0.898. The Morgan fingerprint density at radius 2 is 1.45 bits per heavy atom. The highest BCUT2D eigenvalue weighted by Gasteiger charge is 2.22. The van der Waals surface area contributed by atoms with Crippen LogP contribution in [0.1, 0.15) is 34.6 Å². The molecule has 0 aliphatic heterocycles. The fraction of sp³-hybridized carbons (Fsp3) is 1.00. The summed E-state index contributed by atoms with van der Waals surface area (Å²) in [5.41, 5.74) is -0.945. The molecule has 1 N–H and O–H groups in total. The lowest BCUT2D eigenvalue weighted by atomic mass is 10.2. The van der Waals surface area contributed by atoms with Gasteiger partial charge in [0, 0.05) is 0 Å². The van der Waals surface area contributed by atoms with E-state index in [2.05, 4.69) is 0 Å². The molecule has 0 fully saturated rings. The van der Waals surface area contributed by atoms with Crippen LogP contribution in [0.15, 0.2) is 0 Å². The Labute approximate surface area is 68.2 Å². The summed E-state index contributed by atoms with van der Waals surface area (Å²) in [6.45, 7) is 9.14. The van der Waals surface area contributed by atoms with E-state index in [1.54, 1.807) is 13.8 Å². The number of hydrogen-bond acceptors (Lipinski definition) is 3. The molecule has 0 spiro atoms. The highest BCUT2D eigenvalue weighted by atomic mass is 17.2. The van der Waals surface area contributed by atoms with E-state index in [0.717, 1.165) is 0 Å². The zero-order valence-electron chi connectivity index (χ0n) is 7.97. The Bertz CT molecular complexity index is 113. The number of hydrogen-bond donors (Lipinski definition) is 1. The van der Waals surface area contributed by atoms with Gasteiger partial charge >= 0.3 is 0 Å². The summed E-state index contributed by atoms with van der Waals surface area (Å²) in [4.78, 5) is 10.0. The normalized spacial score (nSPS) is 13.6. The highest BCUT2D eigenvalue weighted by molar-refractivity contribution is 4.64. The molecule has 11 heavy (non-hydrogen) atoms. The second kappa shape index (κ2) is 3.52. The maximum atomic E-state index is 8.79.